The molecule has 0 aromatic heterocycles. The van der Waals surface area contributed by atoms with E-state index in [9.17, 15) is 9.59 Å². The van der Waals surface area contributed by atoms with E-state index in [-0.39, 0.29) is 25.2 Å². The van der Waals surface area contributed by atoms with E-state index in [4.69, 9.17) is 14.2 Å². The maximum atomic E-state index is 12.7. The van der Waals surface area contributed by atoms with Crippen molar-refractivity contribution in [3.63, 3.8) is 0 Å². The van der Waals surface area contributed by atoms with Crippen LogP contribution in [0.1, 0.15) is 201 Å². The Morgan fingerprint density at radius 3 is 1.20 bits per heavy atom. The highest BCUT2D eigenvalue weighted by molar-refractivity contribution is 5.70. The Morgan fingerprint density at radius 1 is 0.383 bits per heavy atom. The molecule has 0 saturated carbocycles. The maximum absolute atomic E-state index is 12.7. The standard InChI is InChI=1S/C55H90O5/c1-4-7-10-13-16-18-20-22-24-26-27-28-30-32-34-36-38-41-44-47-50-58-51-53(60-55(57)49-46-43-39-15-12-9-6-3)52-59-54(56)48-45-42-40-37-35-33-31-29-25-23-21-19-17-14-11-8-5-2/h7-8,10-11,16-19,22-25,27-28,31-34,53H,4-6,9,12-15,20-21,26,29-30,35-52H2,1-3H3/b10-7-,11-8-,18-16-,19-17-,24-22-,25-23-,28-27-,33-31-,34-32-. The second kappa shape index (κ2) is 49.9. The number of ether oxygens (including phenoxy) is 3. The second-order valence-electron chi connectivity index (χ2n) is 15.6. The number of esters is 2. The zero-order valence-corrected chi connectivity index (χ0v) is 38.9. The smallest absolute Gasteiger partial charge is 0.306 e. The van der Waals surface area contributed by atoms with Crippen LogP contribution in [0.4, 0.5) is 0 Å². The van der Waals surface area contributed by atoms with Crippen molar-refractivity contribution in [2.75, 3.05) is 19.8 Å². The lowest BCUT2D eigenvalue weighted by atomic mass is 10.1. The van der Waals surface area contributed by atoms with E-state index in [0.717, 1.165) is 135 Å². The number of unbranched alkanes of at least 4 members (excludes halogenated alkanes) is 14. The molecule has 0 rings (SSSR count). The highest BCUT2D eigenvalue weighted by Gasteiger charge is 2.17. The van der Waals surface area contributed by atoms with E-state index in [0.29, 0.717) is 19.4 Å². The van der Waals surface area contributed by atoms with Crippen molar-refractivity contribution < 1.29 is 23.8 Å². The van der Waals surface area contributed by atoms with Crippen LogP contribution in [0.5, 0.6) is 0 Å². The van der Waals surface area contributed by atoms with Crippen LogP contribution in [-0.2, 0) is 23.8 Å². The van der Waals surface area contributed by atoms with Crippen LogP contribution in [0.2, 0.25) is 0 Å². The van der Waals surface area contributed by atoms with Crippen molar-refractivity contribution in [2.24, 2.45) is 0 Å². The minimum Gasteiger partial charge on any atom is -0.462 e. The third-order valence-electron chi connectivity index (χ3n) is 9.80. The first-order valence-electron chi connectivity index (χ1n) is 24.4. The molecule has 0 aromatic carbocycles. The van der Waals surface area contributed by atoms with Crippen LogP contribution in [0.25, 0.3) is 0 Å². The molecule has 5 heteroatoms. The van der Waals surface area contributed by atoms with Crippen molar-refractivity contribution >= 4 is 11.9 Å². The molecule has 0 saturated heterocycles. The quantitative estimate of drug-likeness (QED) is 0.0348. The van der Waals surface area contributed by atoms with Crippen molar-refractivity contribution in [3.8, 4) is 0 Å². The van der Waals surface area contributed by atoms with Gasteiger partial charge in [-0.3, -0.25) is 9.59 Å². The predicted octanol–water partition coefficient (Wildman–Crippen LogP) is 16.4. The van der Waals surface area contributed by atoms with Gasteiger partial charge in [-0.15, -0.1) is 0 Å². The summed E-state index contributed by atoms with van der Waals surface area (Å²) in [7, 11) is 0. The zero-order valence-electron chi connectivity index (χ0n) is 38.9. The highest BCUT2D eigenvalue weighted by Crippen LogP contribution is 2.12. The van der Waals surface area contributed by atoms with Crippen molar-refractivity contribution in [2.45, 2.75) is 207 Å². The van der Waals surface area contributed by atoms with Crippen LogP contribution < -0.4 is 0 Å². The Morgan fingerprint density at radius 2 is 0.750 bits per heavy atom. The third-order valence-corrected chi connectivity index (χ3v) is 9.80. The topological polar surface area (TPSA) is 61.8 Å². The molecule has 60 heavy (non-hydrogen) atoms. The van der Waals surface area contributed by atoms with Gasteiger partial charge in [0.2, 0.25) is 0 Å². The van der Waals surface area contributed by atoms with Gasteiger partial charge in [0.25, 0.3) is 0 Å². The second-order valence-corrected chi connectivity index (χ2v) is 15.6. The average molecular weight is 831 g/mol. The molecule has 5 nitrogen and oxygen atoms in total. The number of rotatable bonds is 43. The Kier molecular flexibility index (Phi) is 47.1. The Balaban J connectivity index is 4.25. The molecule has 0 spiro atoms. The highest BCUT2D eigenvalue weighted by atomic mass is 16.6. The van der Waals surface area contributed by atoms with Gasteiger partial charge in [0.05, 0.1) is 6.61 Å². The van der Waals surface area contributed by atoms with Crippen LogP contribution in [-0.4, -0.2) is 37.9 Å². The number of hydrogen-bond acceptors (Lipinski definition) is 5. The van der Waals surface area contributed by atoms with Crippen LogP contribution >= 0.6 is 0 Å². The summed E-state index contributed by atoms with van der Waals surface area (Å²) < 4.78 is 17.3. The average Bonchev–Trinajstić information content (AvgIpc) is 3.25. The van der Waals surface area contributed by atoms with Gasteiger partial charge in [-0.05, 0) is 103 Å². The Labute approximate surface area is 370 Å². The predicted molar refractivity (Wildman–Crippen MR) is 260 cm³/mol. The van der Waals surface area contributed by atoms with E-state index in [1.54, 1.807) is 0 Å². The number of carbonyl (C=O) groups is 2. The van der Waals surface area contributed by atoms with E-state index in [1.165, 1.54) is 32.1 Å². The molecule has 1 unspecified atom stereocenters. The minimum atomic E-state index is -0.563. The molecule has 0 aliphatic carbocycles. The van der Waals surface area contributed by atoms with Crippen LogP contribution in [0, 0.1) is 0 Å². The molecule has 1 atom stereocenters. The van der Waals surface area contributed by atoms with Crippen molar-refractivity contribution in [1.29, 1.82) is 0 Å². The molecule has 0 amide bonds. The number of allylic oxidation sites excluding steroid dienone is 18. The first-order valence-corrected chi connectivity index (χ1v) is 24.4. The van der Waals surface area contributed by atoms with Gasteiger partial charge in [0, 0.05) is 19.4 Å². The first-order chi connectivity index (χ1) is 29.6. The zero-order chi connectivity index (χ0) is 43.5. The summed E-state index contributed by atoms with van der Waals surface area (Å²) in [5.41, 5.74) is 0. The summed E-state index contributed by atoms with van der Waals surface area (Å²) in [5, 5.41) is 0. The summed E-state index contributed by atoms with van der Waals surface area (Å²) in [5.74, 6) is -0.453. The summed E-state index contributed by atoms with van der Waals surface area (Å²) in [6, 6.07) is 0. The van der Waals surface area contributed by atoms with Gasteiger partial charge in [-0.1, -0.05) is 194 Å². The Hall–Kier alpha value is -3.44. The SMILES string of the molecule is CC/C=C\C/C=C\C/C=C\C/C=C\C/C=C\CCCCCCOCC(COC(=O)CCCCCC/C=C\C/C=C\C/C=C\C/C=C\CC)OC(=O)CCCCCCCCC. The summed E-state index contributed by atoms with van der Waals surface area (Å²) in [4.78, 5) is 25.2. The van der Waals surface area contributed by atoms with Crippen molar-refractivity contribution in [1.82, 2.24) is 0 Å². The van der Waals surface area contributed by atoms with Crippen LogP contribution in [0.15, 0.2) is 109 Å². The van der Waals surface area contributed by atoms with Gasteiger partial charge in [0.1, 0.15) is 6.61 Å². The van der Waals surface area contributed by atoms with Gasteiger partial charge in [-0.2, -0.15) is 0 Å². The van der Waals surface area contributed by atoms with Crippen LogP contribution in [0.3, 0.4) is 0 Å². The molecule has 0 aliphatic rings. The fourth-order valence-corrected chi connectivity index (χ4v) is 6.23. The number of carbonyl (C=O) groups excluding carboxylic acids is 2. The molecule has 0 aliphatic heterocycles. The van der Waals surface area contributed by atoms with Gasteiger partial charge < -0.3 is 14.2 Å². The molecule has 0 aromatic rings. The third kappa shape index (κ3) is 47.2. The monoisotopic (exact) mass is 831 g/mol. The minimum absolute atomic E-state index is 0.0562. The molecule has 0 radical (unpaired) electrons. The molecule has 0 bridgehead atoms. The molecular weight excluding hydrogens is 741 g/mol. The normalized spacial score (nSPS) is 13.2. The Bertz CT molecular complexity index is 1210. The van der Waals surface area contributed by atoms with E-state index < -0.39 is 6.10 Å². The van der Waals surface area contributed by atoms with E-state index in [2.05, 4.69) is 130 Å². The maximum Gasteiger partial charge on any atom is 0.306 e. The summed E-state index contributed by atoms with van der Waals surface area (Å²) >= 11 is 0. The fraction of sp³-hybridized carbons (Fsp3) is 0.636. The van der Waals surface area contributed by atoms with E-state index in [1.807, 2.05) is 0 Å². The van der Waals surface area contributed by atoms with Gasteiger partial charge in [-0.25, -0.2) is 0 Å². The van der Waals surface area contributed by atoms with E-state index >= 15 is 0 Å². The summed E-state index contributed by atoms with van der Waals surface area (Å²) in [6.45, 7) is 7.46. The molecule has 340 valence electrons. The first kappa shape index (κ1) is 56.6. The fourth-order valence-electron chi connectivity index (χ4n) is 6.23. The molecular formula is C55H90O5. The molecule has 0 N–H and O–H groups in total. The largest absolute Gasteiger partial charge is 0.462 e. The molecule has 0 heterocycles. The lowest BCUT2D eigenvalue weighted by Gasteiger charge is -2.18. The van der Waals surface area contributed by atoms with Gasteiger partial charge >= 0.3 is 11.9 Å². The van der Waals surface area contributed by atoms with Gasteiger partial charge in [0.15, 0.2) is 6.10 Å². The lowest BCUT2D eigenvalue weighted by Crippen LogP contribution is -2.30. The summed E-state index contributed by atoms with van der Waals surface area (Å²) in [6.07, 6.45) is 68.2. The van der Waals surface area contributed by atoms with Crippen molar-refractivity contribution in [3.05, 3.63) is 109 Å². The lowest BCUT2D eigenvalue weighted by molar-refractivity contribution is -0.163. The molecule has 0 fully saturated rings. The number of hydrogen-bond donors (Lipinski definition) is 0.